The maximum atomic E-state index is 13.4. The summed E-state index contributed by atoms with van der Waals surface area (Å²) in [5, 5.41) is 2.55. The third-order valence-electron chi connectivity index (χ3n) is 2.56. The highest BCUT2D eigenvalue weighted by atomic mass is 19.1. The zero-order valence-electron chi connectivity index (χ0n) is 10.8. The van der Waals surface area contributed by atoms with E-state index in [0.717, 1.165) is 0 Å². The zero-order chi connectivity index (χ0) is 14.5. The second-order valence-corrected chi connectivity index (χ2v) is 3.91. The molecule has 0 aliphatic carbocycles. The summed E-state index contributed by atoms with van der Waals surface area (Å²) in [5.41, 5.74) is 5.86. The van der Waals surface area contributed by atoms with Crippen molar-refractivity contribution < 1.29 is 13.9 Å². The van der Waals surface area contributed by atoms with Gasteiger partial charge in [-0.25, -0.2) is 9.37 Å². The number of hydrogen-bond acceptors (Lipinski definition) is 5. The maximum Gasteiger partial charge on any atom is 0.254 e. The summed E-state index contributed by atoms with van der Waals surface area (Å²) in [5.74, 6) is -0.686. The second kappa shape index (κ2) is 5.96. The fraction of sp³-hybridized carbons (Fsp3) is 0.154. The van der Waals surface area contributed by atoms with Crippen LogP contribution >= 0.6 is 0 Å². The Balaban J connectivity index is 2.09. The maximum absolute atomic E-state index is 13.4. The van der Waals surface area contributed by atoms with E-state index in [-0.39, 0.29) is 23.8 Å². The van der Waals surface area contributed by atoms with Gasteiger partial charge in [0.1, 0.15) is 17.3 Å². The number of aromatic nitrogens is 2. The predicted molar refractivity (Wildman–Crippen MR) is 70.6 cm³/mol. The van der Waals surface area contributed by atoms with Gasteiger partial charge in [0.2, 0.25) is 5.88 Å². The molecule has 0 atom stereocenters. The largest absolute Gasteiger partial charge is 0.480 e. The molecule has 104 valence electrons. The Hall–Kier alpha value is -2.70. The molecule has 0 saturated carbocycles. The van der Waals surface area contributed by atoms with E-state index in [0.29, 0.717) is 5.69 Å². The topological polar surface area (TPSA) is 90.1 Å². The summed E-state index contributed by atoms with van der Waals surface area (Å²) < 4.78 is 18.4. The van der Waals surface area contributed by atoms with Crippen molar-refractivity contribution in [1.29, 1.82) is 0 Å². The van der Waals surface area contributed by atoms with E-state index < -0.39 is 11.7 Å². The molecule has 0 aliphatic heterocycles. The first-order valence-corrected chi connectivity index (χ1v) is 5.80. The SMILES string of the molecule is COc1nc(N)cnc1CNC(=O)c1ccccc1F. The molecule has 6 nitrogen and oxygen atoms in total. The predicted octanol–water partition coefficient (Wildman–Crippen LogP) is 1.14. The van der Waals surface area contributed by atoms with Crippen molar-refractivity contribution in [3.8, 4) is 5.88 Å². The van der Waals surface area contributed by atoms with E-state index in [1.165, 1.54) is 31.5 Å². The van der Waals surface area contributed by atoms with Crippen molar-refractivity contribution in [3.05, 3.63) is 47.5 Å². The molecule has 3 N–H and O–H groups in total. The van der Waals surface area contributed by atoms with Gasteiger partial charge in [-0.2, -0.15) is 4.98 Å². The summed E-state index contributed by atoms with van der Waals surface area (Å²) >= 11 is 0. The molecule has 0 saturated heterocycles. The molecule has 2 rings (SSSR count). The van der Waals surface area contributed by atoms with Crippen molar-refractivity contribution in [2.24, 2.45) is 0 Å². The van der Waals surface area contributed by atoms with Crippen LogP contribution in [-0.2, 0) is 6.54 Å². The number of rotatable bonds is 4. The number of ether oxygens (including phenoxy) is 1. The van der Waals surface area contributed by atoms with Gasteiger partial charge < -0.3 is 15.8 Å². The van der Waals surface area contributed by atoms with Gasteiger partial charge in [-0.1, -0.05) is 12.1 Å². The molecule has 7 heteroatoms. The molecule has 1 aromatic carbocycles. The first kappa shape index (κ1) is 13.7. The van der Waals surface area contributed by atoms with Crippen LogP contribution in [0.25, 0.3) is 0 Å². The number of nitrogen functional groups attached to an aromatic ring is 1. The number of halogens is 1. The first-order valence-electron chi connectivity index (χ1n) is 5.80. The van der Waals surface area contributed by atoms with Crippen LogP contribution in [-0.4, -0.2) is 23.0 Å². The van der Waals surface area contributed by atoms with Gasteiger partial charge in [0.25, 0.3) is 5.91 Å². The molecule has 0 fully saturated rings. The Morgan fingerprint density at radius 3 is 2.90 bits per heavy atom. The summed E-state index contributed by atoms with van der Waals surface area (Å²) in [6.07, 6.45) is 1.35. The van der Waals surface area contributed by atoms with Gasteiger partial charge in [0.05, 0.1) is 25.4 Å². The van der Waals surface area contributed by atoms with Crippen LogP contribution < -0.4 is 15.8 Å². The van der Waals surface area contributed by atoms with Gasteiger partial charge in [-0.3, -0.25) is 4.79 Å². The molecule has 20 heavy (non-hydrogen) atoms. The molecule has 0 radical (unpaired) electrons. The van der Waals surface area contributed by atoms with Gasteiger partial charge in [-0.15, -0.1) is 0 Å². The Labute approximate surface area is 114 Å². The van der Waals surface area contributed by atoms with Crippen molar-refractivity contribution >= 4 is 11.7 Å². The molecule has 1 heterocycles. The van der Waals surface area contributed by atoms with Gasteiger partial charge in [0, 0.05) is 0 Å². The number of carbonyl (C=O) groups is 1. The number of anilines is 1. The number of methoxy groups -OCH3 is 1. The second-order valence-electron chi connectivity index (χ2n) is 3.91. The minimum absolute atomic E-state index is 0.0325. The van der Waals surface area contributed by atoms with E-state index in [9.17, 15) is 9.18 Å². The Bertz CT molecular complexity index is 634. The summed E-state index contributed by atoms with van der Waals surface area (Å²) in [6.45, 7) is 0.0591. The van der Waals surface area contributed by atoms with Gasteiger partial charge >= 0.3 is 0 Å². The summed E-state index contributed by atoms with van der Waals surface area (Å²) in [6, 6.07) is 5.72. The molecule has 2 aromatic rings. The van der Waals surface area contributed by atoms with Crippen molar-refractivity contribution in [2.75, 3.05) is 12.8 Å². The zero-order valence-corrected chi connectivity index (χ0v) is 10.8. The minimum Gasteiger partial charge on any atom is -0.480 e. The molecule has 0 spiro atoms. The molecule has 0 aliphatic rings. The van der Waals surface area contributed by atoms with Crippen molar-refractivity contribution in [1.82, 2.24) is 15.3 Å². The quantitative estimate of drug-likeness (QED) is 0.873. The third-order valence-corrected chi connectivity index (χ3v) is 2.56. The average molecular weight is 276 g/mol. The van der Waals surface area contributed by atoms with E-state index in [2.05, 4.69) is 15.3 Å². The summed E-state index contributed by atoms with van der Waals surface area (Å²) in [7, 11) is 1.42. The van der Waals surface area contributed by atoms with E-state index in [1.54, 1.807) is 6.07 Å². The third kappa shape index (κ3) is 3.00. The Morgan fingerprint density at radius 1 is 1.45 bits per heavy atom. The van der Waals surface area contributed by atoms with Crippen LogP contribution in [0.4, 0.5) is 10.2 Å². The number of benzene rings is 1. The van der Waals surface area contributed by atoms with Crippen LogP contribution in [0.15, 0.2) is 30.5 Å². The molecule has 1 aromatic heterocycles. The number of nitrogens with zero attached hydrogens (tertiary/aromatic N) is 2. The van der Waals surface area contributed by atoms with E-state index in [4.69, 9.17) is 10.5 Å². The average Bonchev–Trinajstić information content (AvgIpc) is 2.46. The number of nitrogens with one attached hydrogen (secondary N) is 1. The van der Waals surface area contributed by atoms with E-state index in [1.807, 2.05) is 0 Å². The van der Waals surface area contributed by atoms with Crippen LogP contribution in [0, 0.1) is 5.82 Å². The highest BCUT2D eigenvalue weighted by Crippen LogP contribution is 2.14. The monoisotopic (exact) mass is 276 g/mol. The first-order chi connectivity index (χ1) is 9.61. The van der Waals surface area contributed by atoms with Crippen LogP contribution in [0.2, 0.25) is 0 Å². The highest BCUT2D eigenvalue weighted by molar-refractivity contribution is 5.94. The smallest absolute Gasteiger partial charge is 0.254 e. The summed E-state index contributed by atoms with van der Waals surface area (Å²) in [4.78, 5) is 19.8. The van der Waals surface area contributed by atoms with Crippen LogP contribution in [0.1, 0.15) is 16.1 Å². The van der Waals surface area contributed by atoms with Crippen molar-refractivity contribution in [3.63, 3.8) is 0 Å². The number of nitrogens with two attached hydrogens (primary N) is 1. The lowest BCUT2D eigenvalue weighted by Crippen LogP contribution is -2.24. The molecule has 0 unspecified atom stereocenters. The molecular formula is C13H13FN4O2. The fourth-order valence-corrected chi connectivity index (χ4v) is 1.60. The molecule has 0 bridgehead atoms. The minimum atomic E-state index is -0.583. The molecular weight excluding hydrogens is 263 g/mol. The van der Waals surface area contributed by atoms with Gasteiger partial charge in [-0.05, 0) is 12.1 Å². The normalized spacial score (nSPS) is 10.1. The van der Waals surface area contributed by atoms with Crippen LogP contribution in [0.3, 0.4) is 0 Å². The fourth-order valence-electron chi connectivity index (χ4n) is 1.60. The highest BCUT2D eigenvalue weighted by Gasteiger charge is 2.13. The standard InChI is InChI=1S/C13H13FN4O2/c1-20-13-10(16-7-11(15)18-13)6-17-12(19)8-4-2-3-5-9(8)14/h2-5,7H,6H2,1H3,(H2,15,18)(H,17,19). The van der Waals surface area contributed by atoms with Gasteiger partial charge in [0.15, 0.2) is 0 Å². The lowest BCUT2D eigenvalue weighted by atomic mass is 10.2. The number of carbonyl (C=O) groups excluding carboxylic acids is 1. The molecule has 1 amide bonds. The van der Waals surface area contributed by atoms with Crippen molar-refractivity contribution in [2.45, 2.75) is 6.54 Å². The Kier molecular flexibility index (Phi) is 4.09. The number of hydrogen-bond donors (Lipinski definition) is 2. The Morgan fingerprint density at radius 2 is 2.20 bits per heavy atom. The lowest BCUT2D eigenvalue weighted by molar-refractivity contribution is 0.0946. The van der Waals surface area contributed by atoms with Crippen LogP contribution in [0.5, 0.6) is 5.88 Å². The van der Waals surface area contributed by atoms with E-state index >= 15 is 0 Å². The number of amides is 1. The lowest BCUT2D eigenvalue weighted by Gasteiger charge is -2.08.